The normalized spacial score (nSPS) is 12.2. The molecule has 0 aliphatic heterocycles. The van der Waals surface area contributed by atoms with Crippen molar-refractivity contribution in [3.63, 3.8) is 0 Å². The van der Waals surface area contributed by atoms with Crippen molar-refractivity contribution in [2.24, 2.45) is 0 Å². The van der Waals surface area contributed by atoms with E-state index in [-0.39, 0.29) is 16.9 Å². The van der Waals surface area contributed by atoms with Gasteiger partial charge < -0.3 is 10.1 Å². The van der Waals surface area contributed by atoms with Gasteiger partial charge in [0.05, 0.1) is 23.2 Å². The Balaban J connectivity index is 2.68. The Morgan fingerprint density at radius 1 is 1.65 bits per heavy atom. The second-order valence-electron chi connectivity index (χ2n) is 3.44. The fraction of sp³-hybridized carbons (Fsp3) is 0.500. The summed E-state index contributed by atoms with van der Waals surface area (Å²) in [7, 11) is 0. The lowest BCUT2D eigenvalue weighted by atomic mass is 10.3. The van der Waals surface area contributed by atoms with Crippen LogP contribution >= 0.6 is 11.6 Å². The minimum absolute atomic E-state index is 0.000150. The van der Waals surface area contributed by atoms with Crippen molar-refractivity contribution >= 4 is 23.1 Å². The van der Waals surface area contributed by atoms with Crippen molar-refractivity contribution in [1.82, 2.24) is 4.98 Å². The maximum atomic E-state index is 10.6. The number of ether oxygens (including phenoxy) is 1. The molecular formula is C10H14ClN3O3. The lowest BCUT2D eigenvalue weighted by molar-refractivity contribution is -0.384. The van der Waals surface area contributed by atoms with Crippen molar-refractivity contribution < 1.29 is 9.66 Å². The number of aromatic nitrogens is 1. The maximum Gasteiger partial charge on any atom is 0.276 e. The summed E-state index contributed by atoms with van der Waals surface area (Å²) in [6, 6.07) is 2.54. The van der Waals surface area contributed by atoms with Gasteiger partial charge in [-0.25, -0.2) is 4.98 Å². The van der Waals surface area contributed by atoms with Gasteiger partial charge in [0.2, 0.25) is 0 Å². The van der Waals surface area contributed by atoms with Crippen LogP contribution in [-0.4, -0.2) is 29.2 Å². The predicted molar refractivity (Wildman–Crippen MR) is 65.5 cm³/mol. The monoisotopic (exact) mass is 259 g/mol. The van der Waals surface area contributed by atoms with Gasteiger partial charge in [-0.1, -0.05) is 11.6 Å². The third kappa shape index (κ3) is 4.54. The first kappa shape index (κ1) is 13.7. The highest BCUT2D eigenvalue weighted by atomic mass is 35.5. The Morgan fingerprint density at radius 3 is 2.94 bits per heavy atom. The fourth-order valence-electron chi connectivity index (χ4n) is 1.27. The van der Waals surface area contributed by atoms with Crippen LogP contribution < -0.4 is 5.32 Å². The van der Waals surface area contributed by atoms with E-state index >= 15 is 0 Å². The first-order valence-corrected chi connectivity index (χ1v) is 5.58. The Bertz CT molecular complexity index is 400. The summed E-state index contributed by atoms with van der Waals surface area (Å²) < 4.78 is 5.31. The standard InChI is InChI=1S/C10H14ClN3O3/c1-3-17-7(2)6-12-10-5-8(14(15)16)4-9(11)13-10/h4-5,7H,3,6H2,1-2H3,(H,12,13). The summed E-state index contributed by atoms with van der Waals surface area (Å²) in [4.78, 5) is 14.0. The molecule has 1 aromatic rings. The molecule has 6 nitrogen and oxygen atoms in total. The van der Waals surface area contributed by atoms with Gasteiger partial charge in [0.1, 0.15) is 11.0 Å². The first-order valence-electron chi connectivity index (χ1n) is 5.20. The summed E-state index contributed by atoms with van der Waals surface area (Å²) in [5.41, 5.74) is -0.0865. The molecular weight excluding hydrogens is 246 g/mol. The number of nitrogens with zero attached hydrogens (tertiary/aromatic N) is 2. The zero-order valence-corrected chi connectivity index (χ0v) is 10.4. The molecule has 0 aliphatic carbocycles. The average molecular weight is 260 g/mol. The zero-order chi connectivity index (χ0) is 12.8. The Morgan fingerprint density at radius 2 is 2.35 bits per heavy atom. The van der Waals surface area contributed by atoms with Crippen LogP contribution in [0.3, 0.4) is 0 Å². The Kier molecular flexibility index (Phi) is 5.11. The maximum absolute atomic E-state index is 10.6. The molecule has 1 atom stereocenters. The van der Waals surface area contributed by atoms with E-state index in [1.807, 2.05) is 13.8 Å². The van der Waals surface area contributed by atoms with Crippen LogP contribution in [0.1, 0.15) is 13.8 Å². The molecule has 17 heavy (non-hydrogen) atoms. The number of nitrogens with one attached hydrogen (secondary N) is 1. The molecule has 0 aromatic carbocycles. The van der Waals surface area contributed by atoms with Gasteiger partial charge in [-0.05, 0) is 13.8 Å². The molecule has 0 radical (unpaired) electrons. The van der Waals surface area contributed by atoms with E-state index in [9.17, 15) is 10.1 Å². The van der Waals surface area contributed by atoms with Crippen LogP contribution in [0.2, 0.25) is 5.15 Å². The highest BCUT2D eigenvalue weighted by Crippen LogP contribution is 2.20. The summed E-state index contributed by atoms with van der Waals surface area (Å²) in [5.74, 6) is 0.371. The molecule has 0 fully saturated rings. The largest absolute Gasteiger partial charge is 0.377 e. The molecule has 1 aromatic heterocycles. The zero-order valence-electron chi connectivity index (χ0n) is 9.64. The summed E-state index contributed by atoms with van der Waals surface area (Å²) in [6.07, 6.45) is -0.000150. The molecule has 1 unspecified atom stereocenters. The van der Waals surface area contributed by atoms with Gasteiger partial charge in [0.25, 0.3) is 5.69 Å². The lowest BCUT2D eigenvalue weighted by Gasteiger charge is -2.12. The minimum atomic E-state index is -0.509. The summed E-state index contributed by atoms with van der Waals surface area (Å²) in [5, 5.41) is 13.6. The molecule has 0 spiro atoms. The Labute approximate surface area is 104 Å². The molecule has 0 aliphatic rings. The Hall–Kier alpha value is -1.40. The van der Waals surface area contributed by atoms with Crippen LogP contribution in [0, 0.1) is 10.1 Å². The van der Waals surface area contributed by atoms with E-state index in [4.69, 9.17) is 16.3 Å². The van der Waals surface area contributed by atoms with Gasteiger partial charge >= 0.3 is 0 Å². The highest BCUT2D eigenvalue weighted by Gasteiger charge is 2.10. The minimum Gasteiger partial charge on any atom is -0.377 e. The van der Waals surface area contributed by atoms with Gasteiger partial charge in [0.15, 0.2) is 0 Å². The van der Waals surface area contributed by atoms with Crippen LogP contribution in [0.25, 0.3) is 0 Å². The fourth-order valence-corrected chi connectivity index (χ4v) is 1.47. The van der Waals surface area contributed by atoms with Crippen LogP contribution in [0.15, 0.2) is 12.1 Å². The quantitative estimate of drug-likeness (QED) is 0.482. The number of halogens is 1. The molecule has 0 amide bonds. The van der Waals surface area contributed by atoms with Crippen molar-refractivity contribution in [2.45, 2.75) is 20.0 Å². The lowest BCUT2D eigenvalue weighted by Crippen LogP contribution is -2.20. The predicted octanol–water partition coefficient (Wildman–Crippen LogP) is 2.48. The smallest absolute Gasteiger partial charge is 0.276 e. The number of rotatable bonds is 6. The van der Waals surface area contributed by atoms with Crippen LogP contribution in [0.4, 0.5) is 11.5 Å². The molecule has 1 rings (SSSR count). The van der Waals surface area contributed by atoms with Crippen LogP contribution in [0.5, 0.6) is 0 Å². The van der Waals surface area contributed by atoms with Gasteiger partial charge in [0, 0.05) is 13.2 Å². The van der Waals surface area contributed by atoms with Crippen LogP contribution in [-0.2, 0) is 4.74 Å². The van der Waals surface area contributed by atoms with E-state index in [0.29, 0.717) is 19.0 Å². The summed E-state index contributed by atoms with van der Waals surface area (Å²) >= 11 is 5.68. The van der Waals surface area contributed by atoms with Crippen molar-refractivity contribution in [3.8, 4) is 0 Å². The molecule has 1 heterocycles. The van der Waals surface area contributed by atoms with Crippen molar-refractivity contribution in [2.75, 3.05) is 18.5 Å². The number of hydrogen-bond acceptors (Lipinski definition) is 5. The number of nitro groups is 1. The molecule has 1 N–H and O–H groups in total. The highest BCUT2D eigenvalue weighted by molar-refractivity contribution is 6.29. The second kappa shape index (κ2) is 6.36. The first-order chi connectivity index (χ1) is 8.02. The van der Waals surface area contributed by atoms with E-state index in [0.717, 1.165) is 0 Å². The third-order valence-electron chi connectivity index (χ3n) is 2.01. The topological polar surface area (TPSA) is 77.3 Å². The number of anilines is 1. The van der Waals surface area contributed by atoms with E-state index < -0.39 is 4.92 Å². The SMILES string of the molecule is CCOC(C)CNc1cc([N+](=O)[O-])cc(Cl)n1. The second-order valence-corrected chi connectivity index (χ2v) is 3.82. The number of pyridine rings is 1. The molecule has 0 saturated heterocycles. The average Bonchev–Trinajstić information content (AvgIpc) is 2.26. The van der Waals surface area contributed by atoms with Gasteiger partial charge in [-0.3, -0.25) is 10.1 Å². The van der Waals surface area contributed by atoms with Gasteiger partial charge in [-0.2, -0.15) is 0 Å². The number of hydrogen-bond donors (Lipinski definition) is 1. The van der Waals surface area contributed by atoms with E-state index in [1.165, 1.54) is 12.1 Å². The molecule has 94 valence electrons. The summed E-state index contributed by atoms with van der Waals surface area (Å²) in [6.45, 7) is 4.93. The van der Waals surface area contributed by atoms with Crippen molar-refractivity contribution in [3.05, 3.63) is 27.4 Å². The van der Waals surface area contributed by atoms with Crippen molar-refractivity contribution in [1.29, 1.82) is 0 Å². The van der Waals surface area contributed by atoms with E-state index in [1.54, 1.807) is 0 Å². The molecule has 0 bridgehead atoms. The third-order valence-corrected chi connectivity index (χ3v) is 2.21. The molecule has 7 heteroatoms. The molecule has 0 saturated carbocycles. The van der Waals surface area contributed by atoms with E-state index in [2.05, 4.69) is 10.3 Å². The van der Waals surface area contributed by atoms with Gasteiger partial charge in [-0.15, -0.1) is 0 Å².